The van der Waals surface area contributed by atoms with Gasteiger partial charge >= 0.3 is 0 Å². The summed E-state index contributed by atoms with van der Waals surface area (Å²) in [4.78, 5) is 45.6. The Labute approximate surface area is 281 Å². The van der Waals surface area contributed by atoms with Gasteiger partial charge in [0.1, 0.15) is 0 Å². The lowest BCUT2D eigenvalue weighted by atomic mass is 10.2. The number of amides is 2. The first kappa shape index (κ1) is 44.3. The summed E-state index contributed by atoms with van der Waals surface area (Å²) in [5.41, 5.74) is 0.150. The molecule has 0 atom stereocenters. The van der Waals surface area contributed by atoms with Crippen LogP contribution in [0, 0.1) is 0 Å². The van der Waals surface area contributed by atoms with Gasteiger partial charge in [-0.25, -0.2) is 9.97 Å². The van der Waals surface area contributed by atoms with Gasteiger partial charge in [0.25, 0.3) is 11.8 Å². The lowest BCUT2D eigenvalue weighted by Crippen LogP contribution is -2.43. The molecule has 0 N–H and O–H groups in total. The predicted octanol–water partition coefficient (Wildman–Crippen LogP) is 0.781. The van der Waals surface area contributed by atoms with Crippen LogP contribution in [0.15, 0.2) is 0 Å². The first-order valence-corrected chi connectivity index (χ1v) is 15.3. The van der Waals surface area contributed by atoms with Crippen molar-refractivity contribution in [3.05, 3.63) is 11.4 Å². The van der Waals surface area contributed by atoms with Gasteiger partial charge in [0, 0.05) is 109 Å². The summed E-state index contributed by atoms with van der Waals surface area (Å²) in [6.07, 6.45) is 0. The van der Waals surface area contributed by atoms with E-state index < -0.39 is 0 Å². The standard InChI is InChI=1S/C30H56N6O10.CH4/c1-39-17-9-33(10-18-40-2)27-25(29(37)35(13-21-43-5)14-22-44-6)32-28(34(11-19-41-3)12-20-42-4)26(31-27)30(38)36(15-23-45-7)16-24-46-8;/h9-24H2,1-8H3;1H4. The molecule has 2 amide bonds. The fraction of sp³-hybridized carbons (Fsp3) is 0.806. The topological polar surface area (TPSA) is 147 Å². The maximum atomic E-state index is 14.4. The Bertz CT molecular complexity index is 869. The molecule has 0 aliphatic heterocycles. The zero-order valence-electron chi connectivity index (χ0n) is 29.1. The first-order valence-electron chi connectivity index (χ1n) is 15.3. The molecule has 0 aliphatic rings. The Morgan fingerprint density at radius 2 is 0.638 bits per heavy atom. The number of carbonyl (C=O) groups excluding carboxylic acids is 2. The van der Waals surface area contributed by atoms with Crippen LogP contribution >= 0.6 is 0 Å². The van der Waals surface area contributed by atoms with E-state index in [0.717, 1.165) is 0 Å². The normalized spacial score (nSPS) is 10.9. The van der Waals surface area contributed by atoms with E-state index in [1.807, 2.05) is 9.80 Å². The zero-order valence-corrected chi connectivity index (χ0v) is 29.1. The largest absolute Gasteiger partial charge is 0.383 e. The molecule has 16 nitrogen and oxygen atoms in total. The van der Waals surface area contributed by atoms with Gasteiger partial charge in [0.2, 0.25) is 0 Å². The molecule has 0 aromatic carbocycles. The molecular weight excluding hydrogens is 616 g/mol. The summed E-state index contributed by atoms with van der Waals surface area (Å²) in [7, 11) is 12.7. The van der Waals surface area contributed by atoms with Gasteiger partial charge in [-0.3, -0.25) is 9.59 Å². The van der Waals surface area contributed by atoms with Crippen molar-refractivity contribution >= 4 is 23.5 Å². The number of rotatable bonds is 28. The third-order valence-corrected chi connectivity index (χ3v) is 6.96. The van der Waals surface area contributed by atoms with Gasteiger partial charge < -0.3 is 57.5 Å². The van der Waals surface area contributed by atoms with Crippen LogP contribution in [-0.4, -0.2) is 194 Å². The summed E-state index contributed by atoms with van der Waals surface area (Å²) in [6.45, 7) is 5.22. The number of nitrogens with zero attached hydrogens (tertiary/aromatic N) is 6. The monoisotopic (exact) mass is 676 g/mol. The molecule has 0 radical (unpaired) electrons. The number of aromatic nitrogens is 2. The second-order valence-corrected chi connectivity index (χ2v) is 10.1. The quantitative estimate of drug-likeness (QED) is 0.123. The van der Waals surface area contributed by atoms with Gasteiger partial charge in [-0.1, -0.05) is 7.43 Å². The van der Waals surface area contributed by atoms with Crippen LogP contribution in [0.3, 0.4) is 0 Å². The minimum absolute atomic E-state index is 0. The molecule has 0 fully saturated rings. The van der Waals surface area contributed by atoms with Gasteiger partial charge in [-0.15, -0.1) is 0 Å². The van der Waals surface area contributed by atoms with E-state index in [1.54, 1.807) is 66.7 Å². The molecule has 1 heterocycles. The fourth-order valence-electron chi connectivity index (χ4n) is 4.33. The van der Waals surface area contributed by atoms with Crippen molar-refractivity contribution in [3.63, 3.8) is 0 Å². The number of carbonyl (C=O) groups is 2. The zero-order chi connectivity index (χ0) is 34.2. The van der Waals surface area contributed by atoms with E-state index in [4.69, 9.17) is 47.9 Å². The van der Waals surface area contributed by atoms with Crippen LogP contribution in [0.4, 0.5) is 11.6 Å². The highest BCUT2D eigenvalue weighted by molar-refractivity contribution is 6.02. The van der Waals surface area contributed by atoms with Crippen molar-refractivity contribution in [2.75, 3.05) is 172 Å². The van der Waals surface area contributed by atoms with Crippen molar-refractivity contribution in [1.29, 1.82) is 0 Å². The summed E-state index contributed by atoms with van der Waals surface area (Å²) in [5.74, 6) is -0.290. The first-order chi connectivity index (χ1) is 22.4. The molecule has 0 unspecified atom stereocenters. The van der Waals surface area contributed by atoms with Crippen molar-refractivity contribution in [2.24, 2.45) is 0 Å². The van der Waals surface area contributed by atoms with E-state index in [-0.39, 0.29) is 42.3 Å². The molecule has 47 heavy (non-hydrogen) atoms. The minimum Gasteiger partial charge on any atom is -0.383 e. The molecular formula is C31H60N6O10. The maximum Gasteiger partial charge on any atom is 0.276 e. The average Bonchev–Trinajstić information content (AvgIpc) is 3.07. The molecule has 16 heteroatoms. The van der Waals surface area contributed by atoms with Crippen molar-refractivity contribution in [2.45, 2.75) is 7.43 Å². The number of hydrogen-bond acceptors (Lipinski definition) is 14. The molecule has 0 saturated heterocycles. The average molecular weight is 677 g/mol. The van der Waals surface area contributed by atoms with Crippen LogP contribution < -0.4 is 9.80 Å². The van der Waals surface area contributed by atoms with Crippen molar-refractivity contribution in [3.8, 4) is 0 Å². The highest BCUT2D eigenvalue weighted by Gasteiger charge is 2.32. The summed E-state index contributed by atoms with van der Waals surface area (Å²) in [6, 6.07) is 0. The maximum absolute atomic E-state index is 14.4. The van der Waals surface area contributed by atoms with Gasteiger partial charge in [-0.05, 0) is 0 Å². The minimum atomic E-state index is -0.384. The number of ether oxygens (including phenoxy) is 8. The highest BCUT2D eigenvalue weighted by Crippen LogP contribution is 2.27. The number of anilines is 2. The lowest BCUT2D eigenvalue weighted by Gasteiger charge is -2.31. The van der Waals surface area contributed by atoms with Crippen LogP contribution in [0.25, 0.3) is 0 Å². The molecule has 0 saturated carbocycles. The van der Waals surface area contributed by atoms with Crippen LogP contribution in [-0.2, 0) is 37.9 Å². The Balaban J connectivity index is 0.0000212. The van der Waals surface area contributed by atoms with E-state index in [1.165, 1.54) is 0 Å². The van der Waals surface area contributed by atoms with E-state index in [0.29, 0.717) is 105 Å². The van der Waals surface area contributed by atoms with Crippen molar-refractivity contribution < 1.29 is 47.5 Å². The second kappa shape index (κ2) is 27.3. The predicted molar refractivity (Wildman–Crippen MR) is 180 cm³/mol. The van der Waals surface area contributed by atoms with Gasteiger partial charge in [0.15, 0.2) is 23.0 Å². The number of methoxy groups -OCH3 is 8. The third-order valence-electron chi connectivity index (χ3n) is 6.96. The third kappa shape index (κ3) is 15.4. The van der Waals surface area contributed by atoms with Crippen LogP contribution in [0.2, 0.25) is 0 Å². The molecule has 0 aliphatic carbocycles. The summed E-state index contributed by atoms with van der Waals surface area (Å²) in [5, 5.41) is 0. The van der Waals surface area contributed by atoms with Crippen LogP contribution in [0.5, 0.6) is 0 Å². The van der Waals surface area contributed by atoms with E-state index >= 15 is 0 Å². The Hall–Kier alpha value is -2.70. The molecule has 1 rings (SSSR count). The van der Waals surface area contributed by atoms with Crippen molar-refractivity contribution in [1.82, 2.24) is 19.8 Å². The Morgan fingerprint density at radius 3 is 0.851 bits per heavy atom. The summed E-state index contributed by atoms with van der Waals surface area (Å²) >= 11 is 0. The molecule has 0 bridgehead atoms. The van der Waals surface area contributed by atoms with E-state index in [2.05, 4.69) is 0 Å². The molecule has 1 aromatic heterocycles. The SMILES string of the molecule is C.COCCN(CCOC)C(=O)c1nc(N(CCOC)CCOC)c(C(=O)N(CCOC)CCOC)nc1N(CCOC)CCOC. The number of hydrogen-bond donors (Lipinski definition) is 0. The highest BCUT2D eigenvalue weighted by atomic mass is 16.5. The smallest absolute Gasteiger partial charge is 0.276 e. The summed E-state index contributed by atoms with van der Waals surface area (Å²) < 4.78 is 42.7. The van der Waals surface area contributed by atoms with E-state index in [9.17, 15) is 9.59 Å². The van der Waals surface area contributed by atoms with Gasteiger partial charge in [0.05, 0.1) is 52.9 Å². The molecule has 274 valence electrons. The van der Waals surface area contributed by atoms with Gasteiger partial charge in [-0.2, -0.15) is 0 Å². The molecule has 0 spiro atoms. The van der Waals surface area contributed by atoms with Crippen LogP contribution in [0.1, 0.15) is 28.4 Å². The molecule has 1 aromatic rings. The lowest BCUT2D eigenvalue weighted by molar-refractivity contribution is 0.0610. The second-order valence-electron chi connectivity index (χ2n) is 10.1. The Morgan fingerprint density at radius 1 is 0.426 bits per heavy atom. The fourth-order valence-corrected chi connectivity index (χ4v) is 4.33. The Kier molecular flexibility index (Phi) is 25.7.